The number of hydrogen-bond donors (Lipinski definition) is 4. The summed E-state index contributed by atoms with van der Waals surface area (Å²) < 4.78 is 55.0. The average Bonchev–Trinajstić information content (AvgIpc) is 3.09. The van der Waals surface area contributed by atoms with E-state index in [4.69, 9.17) is 0 Å². The zero-order chi connectivity index (χ0) is 33.7. The van der Waals surface area contributed by atoms with E-state index in [1.165, 1.54) is 73.3 Å². The van der Waals surface area contributed by atoms with Crippen molar-refractivity contribution in [3.8, 4) is 0 Å². The lowest BCUT2D eigenvalue weighted by Gasteiger charge is -2.10. The van der Waals surface area contributed by atoms with E-state index in [2.05, 4.69) is 40.0 Å². The quantitative estimate of drug-likeness (QED) is 0.159. The number of anilines is 4. The Hall–Kier alpha value is -6.26. The molecule has 4 aromatic carbocycles. The molecule has 2 aromatic heterocycles. The van der Waals surface area contributed by atoms with Gasteiger partial charge in [0.1, 0.15) is 0 Å². The van der Waals surface area contributed by atoms with Crippen molar-refractivity contribution in [2.24, 2.45) is 0 Å². The van der Waals surface area contributed by atoms with Crippen molar-refractivity contribution in [2.75, 3.05) is 20.1 Å². The number of nitrogens with zero attached hydrogens (tertiary/aromatic N) is 4. The van der Waals surface area contributed by atoms with Gasteiger partial charge in [0.2, 0.25) is 11.9 Å². The second-order valence-electron chi connectivity index (χ2n) is 10.1. The van der Waals surface area contributed by atoms with Crippen LogP contribution in [0.1, 0.15) is 20.7 Å². The number of benzene rings is 4. The number of amides is 2. The molecule has 2 amide bonds. The molecule has 0 saturated carbocycles. The third-order valence-electron chi connectivity index (χ3n) is 6.79. The molecule has 0 aliphatic rings. The van der Waals surface area contributed by atoms with E-state index in [0.717, 1.165) is 0 Å². The first-order valence-corrected chi connectivity index (χ1v) is 17.0. The Balaban J connectivity index is 1.08. The largest absolute Gasteiger partial charge is 0.322 e. The molecule has 2 heterocycles. The van der Waals surface area contributed by atoms with Crippen LogP contribution >= 0.6 is 0 Å². The van der Waals surface area contributed by atoms with Crippen LogP contribution in [-0.2, 0) is 20.0 Å². The summed E-state index contributed by atoms with van der Waals surface area (Å²) in [7, 11) is -7.85. The molecular weight excluding hydrogens is 657 g/mol. The van der Waals surface area contributed by atoms with Crippen LogP contribution in [-0.4, -0.2) is 48.6 Å². The molecule has 6 aromatic rings. The monoisotopic (exact) mass is 680 g/mol. The summed E-state index contributed by atoms with van der Waals surface area (Å²) in [6.45, 7) is 0. The highest BCUT2D eigenvalue weighted by Gasteiger charge is 2.18. The summed E-state index contributed by atoms with van der Waals surface area (Å²) in [5.74, 6) is -0.954. The molecule has 0 aliphatic heterocycles. The summed E-state index contributed by atoms with van der Waals surface area (Å²) in [5, 5.41) is 6.90. The van der Waals surface area contributed by atoms with Gasteiger partial charge in [0.25, 0.3) is 31.9 Å². The molecule has 0 spiro atoms. The first-order chi connectivity index (χ1) is 23.1. The highest BCUT2D eigenvalue weighted by molar-refractivity contribution is 7.93. The number of aromatic nitrogens is 4. The van der Waals surface area contributed by atoms with Gasteiger partial charge in [0, 0.05) is 47.3 Å². The van der Waals surface area contributed by atoms with Crippen molar-refractivity contribution in [1.29, 1.82) is 0 Å². The number of carbonyl (C=O) groups excluding carboxylic acids is 2. The standard InChI is InChI=1S/C32H24N8O6S2/c41-29(37-25-7-11-27(12-8-25)47(43,44)39-31-33-15-1-16-34-31)23-5-3-22-20-24(6-4-21(22)19-23)30(42)38-26-9-13-28(14-10-26)48(45,46)40-32-35-17-2-18-36-32/h1-20H,(H,37,41)(H,38,42)(H,33,34,39)(H,35,36,40). The number of sulfonamides is 2. The van der Waals surface area contributed by atoms with E-state index in [0.29, 0.717) is 33.3 Å². The van der Waals surface area contributed by atoms with E-state index < -0.39 is 31.9 Å². The van der Waals surface area contributed by atoms with Crippen LogP contribution in [0.4, 0.5) is 23.3 Å². The van der Waals surface area contributed by atoms with Crippen LogP contribution in [0.2, 0.25) is 0 Å². The van der Waals surface area contributed by atoms with Gasteiger partial charge in [-0.2, -0.15) is 0 Å². The van der Waals surface area contributed by atoms with Crippen LogP contribution in [0, 0.1) is 0 Å². The van der Waals surface area contributed by atoms with Gasteiger partial charge < -0.3 is 10.6 Å². The fraction of sp³-hybridized carbons (Fsp3) is 0. The minimum absolute atomic E-state index is 0.0323. The lowest BCUT2D eigenvalue weighted by atomic mass is 10.0. The number of nitrogens with one attached hydrogen (secondary N) is 4. The maximum atomic E-state index is 13.0. The topological polar surface area (TPSA) is 202 Å². The number of hydrogen-bond acceptors (Lipinski definition) is 10. The predicted octanol–water partition coefficient (Wildman–Crippen LogP) is 4.53. The van der Waals surface area contributed by atoms with Crippen LogP contribution in [0.3, 0.4) is 0 Å². The Bertz CT molecular complexity index is 2170. The first-order valence-electron chi connectivity index (χ1n) is 14.0. The van der Waals surface area contributed by atoms with Gasteiger partial charge >= 0.3 is 0 Å². The van der Waals surface area contributed by atoms with Crippen molar-refractivity contribution in [3.63, 3.8) is 0 Å². The summed E-state index contributed by atoms with van der Waals surface area (Å²) >= 11 is 0. The maximum absolute atomic E-state index is 13.0. The molecule has 14 nitrogen and oxygen atoms in total. The number of fused-ring (bicyclic) bond motifs is 1. The van der Waals surface area contributed by atoms with Crippen molar-refractivity contribution < 1.29 is 26.4 Å². The molecule has 0 unspecified atom stereocenters. The molecule has 0 aliphatic carbocycles. The molecule has 4 N–H and O–H groups in total. The van der Waals surface area contributed by atoms with Crippen molar-refractivity contribution in [1.82, 2.24) is 19.9 Å². The predicted molar refractivity (Wildman–Crippen MR) is 178 cm³/mol. The number of rotatable bonds is 10. The van der Waals surface area contributed by atoms with Crippen molar-refractivity contribution >= 4 is 65.9 Å². The van der Waals surface area contributed by atoms with Crippen LogP contribution in [0.15, 0.2) is 132 Å². The second-order valence-corrected chi connectivity index (χ2v) is 13.5. The molecule has 6 rings (SSSR count). The van der Waals surface area contributed by atoms with Gasteiger partial charge in [-0.25, -0.2) is 46.2 Å². The van der Waals surface area contributed by atoms with E-state index >= 15 is 0 Å². The van der Waals surface area contributed by atoms with Gasteiger partial charge in [-0.3, -0.25) is 9.59 Å². The van der Waals surface area contributed by atoms with Crippen molar-refractivity contribution in [2.45, 2.75) is 9.79 Å². The van der Waals surface area contributed by atoms with Gasteiger partial charge in [0.15, 0.2) is 0 Å². The Morgan fingerprint density at radius 1 is 0.479 bits per heavy atom. The SMILES string of the molecule is O=C(Nc1ccc(S(=O)(=O)Nc2ncccn2)cc1)c1ccc2cc(C(=O)Nc3ccc(S(=O)(=O)Nc4ncccn4)cc3)ccc2c1. The van der Waals surface area contributed by atoms with Gasteiger partial charge in [-0.05, 0) is 95.7 Å². The van der Waals surface area contributed by atoms with E-state index in [1.807, 2.05) is 0 Å². The lowest BCUT2D eigenvalue weighted by Crippen LogP contribution is -2.15. The number of carbonyl (C=O) groups is 2. The minimum Gasteiger partial charge on any atom is -0.322 e. The molecule has 0 atom stereocenters. The highest BCUT2D eigenvalue weighted by Crippen LogP contribution is 2.22. The van der Waals surface area contributed by atoms with E-state index in [1.54, 1.807) is 48.5 Å². The average molecular weight is 681 g/mol. The Morgan fingerprint density at radius 3 is 1.19 bits per heavy atom. The molecule has 240 valence electrons. The van der Waals surface area contributed by atoms with E-state index in [-0.39, 0.29) is 21.7 Å². The van der Waals surface area contributed by atoms with Crippen LogP contribution in [0.25, 0.3) is 10.8 Å². The second kappa shape index (κ2) is 13.2. The Morgan fingerprint density at radius 2 is 0.833 bits per heavy atom. The van der Waals surface area contributed by atoms with Crippen LogP contribution < -0.4 is 20.1 Å². The van der Waals surface area contributed by atoms with Crippen LogP contribution in [0.5, 0.6) is 0 Å². The Kier molecular flexibility index (Phi) is 8.74. The summed E-state index contributed by atoms with van der Waals surface area (Å²) in [4.78, 5) is 41.3. The lowest BCUT2D eigenvalue weighted by molar-refractivity contribution is 0.101. The third-order valence-corrected chi connectivity index (χ3v) is 9.48. The summed E-state index contributed by atoms with van der Waals surface area (Å²) in [6, 6.07) is 24.3. The maximum Gasteiger partial charge on any atom is 0.264 e. The molecule has 0 saturated heterocycles. The zero-order valence-electron chi connectivity index (χ0n) is 24.6. The summed E-state index contributed by atoms with van der Waals surface area (Å²) in [6.07, 6.45) is 5.65. The van der Waals surface area contributed by atoms with Gasteiger partial charge in [-0.1, -0.05) is 12.1 Å². The van der Waals surface area contributed by atoms with E-state index in [9.17, 15) is 26.4 Å². The zero-order valence-corrected chi connectivity index (χ0v) is 26.2. The summed E-state index contributed by atoms with van der Waals surface area (Å²) in [5.41, 5.74) is 1.47. The molecular formula is C32H24N8O6S2. The fourth-order valence-electron chi connectivity index (χ4n) is 4.43. The Labute approximate surface area is 274 Å². The van der Waals surface area contributed by atoms with Gasteiger partial charge in [0.05, 0.1) is 9.79 Å². The molecule has 0 radical (unpaired) electrons. The van der Waals surface area contributed by atoms with Gasteiger partial charge in [-0.15, -0.1) is 0 Å². The minimum atomic E-state index is -3.92. The molecule has 0 fully saturated rings. The first kappa shape index (κ1) is 31.7. The fourth-order valence-corrected chi connectivity index (χ4v) is 6.35. The van der Waals surface area contributed by atoms with Crippen molar-refractivity contribution in [3.05, 3.63) is 133 Å². The highest BCUT2D eigenvalue weighted by atomic mass is 32.2. The third kappa shape index (κ3) is 7.41. The molecule has 48 heavy (non-hydrogen) atoms. The molecule has 16 heteroatoms. The smallest absolute Gasteiger partial charge is 0.264 e. The normalized spacial score (nSPS) is 11.4. The molecule has 0 bridgehead atoms.